The SMILES string of the molecule is COc1ccc([N+](=O)[O-])cc1C(=O)NNC(=O)CC12CC3CC(CC(C3)C1)C2. The van der Waals surface area contributed by atoms with E-state index in [1.54, 1.807) is 0 Å². The van der Waals surface area contributed by atoms with Gasteiger partial charge in [-0.05, 0) is 67.8 Å². The van der Waals surface area contributed by atoms with E-state index in [1.165, 1.54) is 38.5 Å². The smallest absolute Gasteiger partial charge is 0.273 e. The summed E-state index contributed by atoms with van der Waals surface area (Å²) in [5.41, 5.74) is 4.74. The molecule has 0 aromatic heterocycles. The highest BCUT2D eigenvalue weighted by atomic mass is 16.6. The minimum absolute atomic E-state index is 0.00630. The summed E-state index contributed by atoms with van der Waals surface area (Å²) in [5, 5.41) is 11.0. The fourth-order valence-electron chi connectivity index (χ4n) is 6.07. The molecular weight excluding hydrogens is 362 g/mol. The third-order valence-electron chi connectivity index (χ3n) is 6.65. The van der Waals surface area contributed by atoms with Crippen molar-refractivity contribution in [1.29, 1.82) is 0 Å². The van der Waals surface area contributed by atoms with Gasteiger partial charge < -0.3 is 4.74 Å². The van der Waals surface area contributed by atoms with Gasteiger partial charge in [-0.2, -0.15) is 0 Å². The number of nitro groups is 1. The molecule has 0 atom stereocenters. The van der Waals surface area contributed by atoms with Gasteiger partial charge >= 0.3 is 0 Å². The molecule has 2 N–H and O–H groups in total. The standard InChI is InChI=1S/C20H25N3O5/c1-28-17-3-2-15(23(26)27)7-16(17)19(25)22-21-18(24)11-20-8-12-4-13(9-20)6-14(5-12)10-20/h2-3,7,12-14H,4-6,8-11H2,1H3,(H,21,24)(H,22,25). The average molecular weight is 387 g/mol. The predicted octanol–water partition coefficient (Wildman–Crippen LogP) is 2.97. The number of amides is 2. The zero-order valence-electron chi connectivity index (χ0n) is 15.9. The summed E-state index contributed by atoms with van der Waals surface area (Å²) in [6.45, 7) is 0. The average Bonchev–Trinajstić information content (AvgIpc) is 2.64. The second-order valence-corrected chi connectivity index (χ2v) is 8.74. The third kappa shape index (κ3) is 3.55. The molecule has 0 heterocycles. The van der Waals surface area contributed by atoms with Crippen LogP contribution in [-0.2, 0) is 4.79 Å². The van der Waals surface area contributed by atoms with Crippen LogP contribution in [0.15, 0.2) is 18.2 Å². The first-order valence-electron chi connectivity index (χ1n) is 9.79. The molecule has 5 rings (SSSR count). The molecule has 8 nitrogen and oxygen atoms in total. The highest BCUT2D eigenvalue weighted by Crippen LogP contribution is 2.61. The van der Waals surface area contributed by atoms with Crippen molar-refractivity contribution in [2.75, 3.05) is 7.11 Å². The van der Waals surface area contributed by atoms with Crippen LogP contribution >= 0.6 is 0 Å². The number of rotatable bonds is 5. The Morgan fingerprint density at radius 2 is 1.75 bits per heavy atom. The van der Waals surface area contributed by atoms with E-state index in [1.807, 2.05) is 0 Å². The van der Waals surface area contributed by atoms with Gasteiger partial charge in [0.2, 0.25) is 5.91 Å². The topological polar surface area (TPSA) is 111 Å². The lowest BCUT2D eigenvalue weighted by molar-refractivity contribution is -0.384. The number of nitro benzene ring substituents is 1. The maximum absolute atomic E-state index is 12.5. The molecule has 4 bridgehead atoms. The molecule has 0 unspecified atom stereocenters. The molecular formula is C20H25N3O5. The van der Waals surface area contributed by atoms with Crippen molar-refractivity contribution in [3.8, 4) is 5.75 Å². The van der Waals surface area contributed by atoms with Crippen molar-refractivity contribution >= 4 is 17.5 Å². The normalized spacial score (nSPS) is 30.0. The molecule has 0 spiro atoms. The number of nitrogens with zero attached hydrogens (tertiary/aromatic N) is 1. The van der Waals surface area contributed by atoms with Crippen molar-refractivity contribution in [2.24, 2.45) is 23.2 Å². The fourth-order valence-corrected chi connectivity index (χ4v) is 6.07. The first kappa shape index (κ1) is 18.7. The van der Waals surface area contributed by atoms with E-state index in [2.05, 4.69) is 10.9 Å². The van der Waals surface area contributed by atoms with Crippen LogP contribution in [0.5, 0.6) is 5.75 Å². The van der Waals surface area contributed by atoms with Crippen LogP contribution in [0.1, 0.15) is 55.3 Å². The van der Waals surface area contributed by atoms with Gasteiger partial charge in [0.1, 0.15) is 5.75 Å². The summed E-state index contributed by atoms with van der Waals surface area (Å²) in [7, 11) is 1.38. The van der Waals surface area contributed by atoms with Crippen LogP contribution in [0.25, 0.3) is 0 Å². The number of carbonyl (C=O) groups excluding carboxylic acids is 2. The van der Waals surface area contributed by atoms with Gasteiger partial charge in [-0.3, -0.25) is 30.6 Å². The monoisotopic (exact) mass is 387 g/mol. The molecule has 4 aliphatic rings. The zero-order valence-corrected chi connectivity index (χ0v) is 15.9. The van der Waals surface area contributed by atoms with Crippen LogP contribution in [-0.4, -0.2) is 23.8 Å². The van der Waals surface area contributed by atoms with Crippen molar-refractivity contribution in [2.45, 2.75) is 44.9 Å². The van der Waals surface area contributed by atoms with Gasteiger partial charge in [-0.25, -0.2) is 0 Å². The van der Waals surface area contributed by atoms with E-state index in [0.717, 1.165) is 43.1 Å². The summed E-state index contributed by atoms with van der Waals surface area (Å²) in [5.74, 6) is 1.62. The quantitative estimate of drug-likeness (QED) is 0.596. The molecule has 1 aromatic carbocycles. The van der Waals surface area contributed by atoms with Crippen LogP contribution in [0, 0.1) is 33.3 Å². The number of methoxy groups -OCH3 is 1. The molecule has 8 heteroatoms. The van der Waals surface area contributed by atoms with Gasteiger partial charge in [0.05, 0.1) is 17.6 Å². The molecule has 4 aliphatic carbocycles. The number of non-ortho nitro benzene ring substituents is 1. The highest BCUT2D eigenvalue weighted by Gasteiger charge is 2.51. The number of carbonyl (C=O) groups is 2. The van der Waals surface area contributed by atoms with Gasteiger partial charge in [-0.1, -0.05) is 0 Å². The Morgan fingerprint density at radius 1 is 1.14 bits per heavy atom. The fraction of sp³-hybridized carbons (Fsp3) is 0.600. The van der Waals surface area contributed by atoms with E-state index in [4.69, 9.17) is 4.74 Å². The number of nitrogens with one attached hydrogen (secondary N) is 2. The summed E-state index contributed by atoms with van der Waals surface area (Å²) >= 11 is 0. The molecule has 4 saturated carbocycles. The van der Waals surface area contributed by atoms with Crippen molar-refractivity contribution < 1.29 is 19.2 Å². The number of hydrazine groups is 1. The molecule has 2 amide bonds. The molecule has 0 aliphatic heterocycles. The van der Waals surface area contributed by atoms with E-state index in [-0.39, 0.29) is 28.3 Å². The van der Waals surface area contributed by atoms with E-state index >= 15 is 0 Å². The minimum atomic E-state index is -0.639. The van der Waals surface area contributed by atoms with Gasteiger partial charge in [0.15, 0.2) is 0 Å². The Morgan fingerprint density at radius 3 is 2.29 bits per heavy atom. The Balaban J connectivity index is 1.38. The van der Waals surface area contributed by atoms with Crippen LogP contribution in [0.2, 0.25) is 0 Å². The maximum atomic E-state index is 12.5. The van der Waals surface area contributed by atoms with E-state index < -0.39 is 10.8 Å². The summed E-state index contributed by atoms with van der Waals surface area (Å²) in [6, 6.07) is 3.77. The molecule has 150 valence electrons. The number of hydrogen-bond donors (Lipinski definition) is 2. The number of ether oxygens (including phenoxy) is 1. The van der Waals surface area contributed by atoms with Crippen LogP contribution < -0.4 is 15.6 Å². The van der Waals surface area contributed by atoms with Crippen molar-refractivity contribution in [3.63, 3.8) is 0 Å². The second kappa shape index (κ2) is 7.07. The number of benzene rings is 1. The van der Waals surface area contributed by atoms with Gasteiger partial charge in [0.25, 0.3) is 11.6 Å². The largest absolute Gasteiger partial charge is 0.496 e. The predicted molar refractivity (Wildman–Crippen MR) is 100 cm³/mol. The Hall–Kier alpha value is -2.64. The van der Waals surface area contributed by atoms with Crippen molar-refractivity contribution in [3.05, 3.63) is 33.9 Å². The van der Waals surface area contributed by atoms with Gasteiger partial charge in [-0.15, -0.1) is 0 Å². The Labute approximate surface area is 163 Å². The summed E-state index contributed by atoms with van der Waals surface area (Å²) < 4.78 is 5.10. The number of hydrogen-bond acceptors (Lipinski definition) is 5. The first-order valence-corrected chi connectivity index (χ1v) is 9.79. The van der Waals surface area contributed by atoms with E-state index in [0.29, 0.717) is 6.42 Å². The van der Waals surface area contributed by atoms with Crippen LogP contribution in [0.4, 0.5) is 5.69 Å². The lowest BCUT2D eigenvalue weighted by atomic mass is 9.49. The highest BCUT2D eigenvalue weighted by molar-refractivity contribution is 5.98. The second-order valence-electron chi connectivity index (χ2n) is 8.74. The molecule has 1 aromatic rings. The maximum Gasteiger partial charge on any atom is 0.273 e. The first-order chi connectivity index (χ1) is 13.4. The Kier molecular flexibility index (Phi) is 4.72. The zero-order chi connectivity index (χ0) is 19.9. The van der Waals surface area contributed by atoms with Gasteiger partial charge in [0, 0.05) is 18.6 Å². The lowest BCUT2D eigenvalue weighted by Gasteiger charge is -2.56. The van der Waals surface area contributed by atoms with Crippen molar-refractivity contribution in [1.82, 2.24) is 10.9 Å². The third-order valence-corrected chi connectivity index (χ3v) is 6.65. The molecule has 4 fully saturated rings. The molecule has 0 saturated heterocycles. The summed E-state index contributed by atoms with van der Waals surface area (Å²) in [4.78, 5) is 35.3. The summed E-state index contributed by atoms with van der Waals surface area (Å²) in [6.07, 6.45) is 7.68. The minimum Gasteiger partial charge on any atom is -0.496 e. The molecule has 0 radical (unpaired) electrons. The van der Waals surface area contributed by atoms with E-state index in [9.17, 15) is 19.7 Å². The lowest BCUT2D eigenvalue weighted by Crippen LogP contribution is -2.50. The Bertz CT molecular complexity index is 787. The molecule has 28 heavy (non-hydrogen) atoms. The van der Waals surface area contributed by atoms with Crippen LogP contribution in [0.3, 0.4) is 0 Å².